The number of esters is 1. The molecule has 1 atom stereocenters. The molecule has 0 amide bonds. The van der Waals surface area contributed by atoms with Gasteiger partial charge in [-0.15, -0.1) is 0 Å². The lowest BCUT2D eigenvalue weighted by molar-refractivity contribution is -0.136. The van der Waals surface area contributed by atoms with Gasteiger partial charge in [0.1, 0.15) is 29.0 Å². The number of nitrogens with zero attached hydrogens (tertiary/aromatic N) is 2. The second-order valence-electron chi connectivity index (χ2n) is 7.91. The zero-order valence-corrected chi connectivity index (χ0v) is 22.7. The van der Waals surface area contributed by atoms with Crippen molar-refractivity contribution in [1.82, 2.24) is 4.57 Å². The number of methoxy groups -OCH3 is 5. The van der Waals surface area contributed by atoms with Crippen molar-refractivity contribution in [1.29, 1.82) is 0 Å². The SMILES string of the molecule is COC(=O)C1=C(C)N=c2s/c(=C\c3c(OC)cc(OC)cc3OC)c(=O)n2[C@H]1c1cc(Cl)ccc1OC. The van der Waals surface area contributed by atoms with Gasteiger partial charge in [-0.1, -0.05) is 22.9 Å². The number of hydrogen-bond donors (Lipinski definition) is 0. The van der Waals surface area contributed by atoms with Crippen molar-refractivity contribution in [2.45, 2.75) is 13.0 Å². The van der Waals surface area contributed by atoms with Crippen LogP contribution >= 0.6 is 22.9 Å². The van der Waals surface area contributed by atoms with Gasteiger partial charge in [-0.25, -0.2) is 9.79 Å². The minimum Gasteiger partial charge on any atom is -0.496 e. The predicted octanol–water partition coefficient (Wildman–Crippen LogP) is 3.10. The molecule has 1 aromatic heterocycles. The number of hydrogen-bond acceptors (Lipinski definition) is 9. The molecule has 2 aromatic carbocycles. The first-order valence-corrected chi connectivity index (χ1v) is 12.2. The van der Waals surface area contributed by atoms with Gasteiger partial charge >= 0.3 is 5.97 Å². The molecule has 0 radical (unpaired) electrons. The van der Waals surface area contributed by atoms with Crippen molar-refractivity contribution in [2.75, 3.05) is 35.5 Å². The predicted molar refractivity (Wildman–Crippen MR) is 140 cm³/mol. The Balaban J connectivity index is 2.05. The van der Waals surface area contributed by atoms with E-state index in [9.17, 15) is 9.59 Å². The van der Waals surface area contributed by atoms with Gasteiger partial charge < -0.3 is 23.7 Å². The number of allylic oxidation sites excluding steroid dienone is 1. The zero-order chi connectivity index (χ0) is 26.9. The molecule has 1 aliphatic rings. The van der Waals surface area contributed by atoms with E-state index >= 15 is 0 Å². The van der Waals surface area contributed by atoms with Crippen LogP contribution in [0.1, 0.15) is 24.1 Å². The number of ether oxygens (including phenoxy) is 5. The summed E-state index contributed by atoms with van der Waals surface area (Å²) in [5.74, 6) is 1.31. The van der Waals surface area contributed by atoms with E-state index in [4.69, 9.17) is 35.3 Å². The van der Waals surface area contributed by atoms with Crippen LogP contribution in [0.3, 0.4) is 0 Å². The highest BCUT2D eigenvalue weighted by atomic mass is 35.5. The topological polar surface area (TPSA) is 97.6 Å². The van der Waals surface area contributed by atoms with E-state index in [1.807, 2.05) is 0 Å². The van der Waals surface area contributed by atoms with Gasteiger partial charge in [-0.3, -0.25) is 9.36 Å². The van der Waals surface area contributed by atoms with E-state index in [2.05, 4.69) is 4.99 Å². The Hall–Kier alpha value is -3.76. The number of rotatable bonds is 7. The van der Waals surface area contributed by atoms with E-state index in [0.717, 1.165) is 0 Å². The molecule has 9 nitrogen and oxygen atoms in total. The summed E-state index contributed by atoms with van der Waals surface area (Å²) in [4.78, 5) is 31.8. The molecular formula is C26H25ClN2O7S. The summed E-state index contributed by atoms with van der Waals surface area (Å²) < 4.78 is 28.8. The van der Waals surface area contributed by atoms with Crippen LogP contribution < -0.4 is 33.8 Å². The van der Waals surface area contributed by atoms with Crippen molar-refractivity contribution in [2.24, 2.45) is 4.99 Å². The van der Waals surface area contributed by atoms with Crippen LogP contribution in [0, 0.1) is 0 Å². The van der Waals surface area contributed by atoms with Crippen LogP contribution in [0.15, 0.2) is 51.4 Å². The first kappa shape index (κ1) is 26.3. The summed E-state index contributed by atoms with van der Waals surface area (Å²) in [5, 5.41) is 0.421. The molecule has 0 spiro atoms. The summed E-state index contributed by atoms with van der Waals surface area (Å²) in [6.45, 7) is 1.70. The van der Waals surface area contributed by atoms with Gasteiger partial charge in [0.15, 0.2) is 4.80 Å². The molecule has 1 aliphatic heterocycles. The first-order valence-electron chi connectivity index (χ1n) is 11.0. The third-order valence-electron chi connectivity index (χ3n) is 5.94. The Morgan fingerprint density at radius 3 is 2.22 bits per heavy atom. The molecule has 194 valence electrons. The van der Waals surface area contributed by atoms with E-state index in [1.54, 1.807) is 43.3 Å². The van der Waals surface area contributed by atoms with Gasteiger partial charge in [0.25, 0.3) is 5.56 Å². The van der Waals surface area contributed by atoms with E-state index < -0.39 is 12.0 Å². The van der Waals surface area contributed by atoms with Gasteiger partial charge in [-0.2, -0.15) is 0 Å². The van der Waals surface area contributed by atoms with Crippen molar-refractivity contribution >= 4 is 35.0 Å². The molecule has 0 unspecified atom stereocenters. The Kier molecular flexibility index (Phi) is 7.60. The van der Waals surface area contributed by atoms with Crippen LogP contribution in [-0.2, 0) is 9.53 Å². The second-order valence-corrected chi connectivity index (χ2v) is 9.35. The molecule has 0 bridgehead atoms. The normalized spacial score (nSPS) is 15.1. The van der Waals surface area contributed by atoms with Gasteiger partial charge in [0, 0.05) is 22.7 Å². The van der Waals surface area contributed by atoms with Gasteiger partial charge in [-0.05, 0) is 31.2 Å². The monoisotopic (exact) mass is 544 g/mol. The summed E-state index contributed by atoms with van der Waals surface area (Å²) in [6, 6.07) is 7.54. The molecule has 11 heteroatoms. The summed E-state index contributed by atoms with van der Waals surface area (Å²) in [6.07, 6.45) is 1.67. The summed E-state index contributed by atoms with van der Waals surface area (Å²) in [7, 11) is 7.36. The fourth-order valence-corrected chi connectivity index (χ4v) is 5.42. The Morgan fingerprint density at radius 2 is 1.65 bits per heavy atom. The molecule has 0 saturated heterocycles. The second kappa shape index (κ2) is 10.7. The van der Waals surface area contributed by atoms with E-state index in [0.29, 0.717) is 54.2 Å². The average Bonchev–Trinajstić information content (AvgIpc) is 3.21. The quantitative estimate of drug-likeness (QED) is 0.422. The van der Waals surface area contributed by atoms with Gasteiger partial charge in [0.2, 0.25) is 0 Å². The number of fused-ring (bicyclic) bond motifs is 1. The molecule has 0 saturated carbocycles. The van der Waals surface area contributed by atoms with Crippen molar-refractivity contribution in [3.05, 3.63) is 77.4 Å². The highest BCUT2D eigenvalue weighted by molar-refractivity contribution is 7.07. The average molecular weight is 545 g/mol. The highest BCUT2D eigenvalue weighted by Gasteiger charge is 2.35. The van der Waals surface area contributed by atoms with E-state index in [-0.39, 0.29) is 11.1 Å². The number of carbonyl (C=O) groups is 1. The Labute approximate surface area is 221 Å². The van der Waals surface area contributed by atoms with E-state index in [1.165, 1.54) is 51.5 Å². The smallest absolute Gasteiger partial charge is 0.338 e. The van der Waals surface area contributed by atoms with Crippen LogP contribution in [0.5, 0.6) is 23.0 Å². The molecule has 37 heavy (non-hydrogen) atoms. The minimum absolute atomic E-state index is 0.210. The molecule has 0 fully saturated rings. The lowest BCUT2D eigenvalue weighted by Gasteiger charge is -2.25. The van der Waals surface area contributed by atoms with Crippen molar-refractivity contribution in [3.63, 3.8) is 0 Å². The third-order valence-corrected chi connectivity index (χ3v) is 7.16. The Morgan fingerprint density at radius 1 is 1.00 bits per heavy atom. The largest absolute Gasteiger partial charge is 0.496 e. The lowest BCUT2D eigenvalue weighted by atomic mass is 9.95. The molecular weight excluding hydrogens is 520 g/mol. The van der Waals surface area contributed by atoms with Gasteiger partial charge in [0.05, 0.1) is 56.9 Å². The van der Waals surface area contributed by atoms with Crippen LogP contribution in [0.4, 0.5) is 0 Å². The fourth-order valence-electron chi connectivity index (χ4n) is 4.21. The number of carbonyl (C=O) groups excluding carboxylic acids is 1. The summed E-state index contributed by atoms with van der Waals surface area (Å²) in [5.41, 5.74) is 1.34. The number of halogens is 1. The summed E-state index contributed by atoms with van der Waals surface area (Å²) >= 11 is 7.49. The lowest BCUT2D eigenvalue weighted by Crippen LogP contribution is -2.40. The molecule has 3 aromatic rings. The van der Waals surface area contributed by atoms with Crippen LogP contribution in [-0.4, -0.2) is 46.1 Å². The van der Waals surface area contributed by atoms with Crippen LogP contribution in [0.25, 0.3) is 6.08 Å². The fraction of sp³-hybridized carbons (Fsp3) is 0.269. The highest BCUT2D eigenvalue weighted by Crippen LogP contribution is 2.38. The van der Waals surface area contributed by atoms with Crippen molar-refractivity contribution < 1.29 is 28.5 Å². The zero-order valence-electron chi connectivity index (χ0n) is 21.1. The number of aromatic nitrogens is 1. The molecule has 0 N–H and O–H groups in total. The third kappa shape index (κ3) is 4.70. The number of benzene rings is 2. The molecule has 4 rings (SSSR count). The number of thiazole rings is 1. The van der Waals surface area contributed by atoms with Crippen molar-refractivity contribution in [3.8, 4) is 23.0 Å². The standard InChI is InChI=1S/C26H25ClN2O7S/c1-13-22(25(31)36-6)23(17-9-14(27)7-8-18(17)33-3)29-24(30)21(37-26(29)28-13)12-16-19(34-4)10-15(32-2)11-20(16)35-5/h7-12,23H,1-6H3/b21-12-/t23-/m0/s1. The van der Waals surface area contributed by atoms with Crippen LogP contribution in [0.2, 0.25) is 5.02 Å². The molecule has 2 heterocycles. The maximum Gasteiger partial charge on any atom is 0.338 e. The first-order chi connectivity index (χ1) is 17.8. The minimum atomic E-state index is -0.876. The molecule has 0 aliphatic carbocycles. The maximum atomic E-state index is 13.9. The maximum absolute atomic E-state index is 13.9. The Bertz CT molecular complexity index is 1560.